The molecule has 1 aromatic rings. The van der Waals surface area contributed by atoms with Crippen LogP contribution in [0, 0.1) is 0 Å². The summed E-state index contributed by atoms with van der Waals surface area (Å²) in [5.74, 6) is -2.54. The van der Waals surface area contributed by atoms with Gasteiger partial charge in [-0.1, -0.05) is 28.1 Å². The standard InChI is InChI=1S/C20H23BrO9/c1-10(22)26-9-16-18(27-11(2)23)20(29-13(4)25)19(28-12(3)24)17(30-16)14-6-5-7-15(21)8-14/h5-8,16-20H,9H2,1-4H3/t16-,17-,18-,19-,20-/m1/s1. The maximum atomic E-state index is 11.8. The molecular formula is C20H23BrO9. The average Bonchev–Trinajstić information content (AvgIpc) is 2.62. The van der Waals surface area contributed by atoms with Gasteiger partial charge in [0.05, 0.1) is 0 Å². The molecule has 0 bridgehead atoms. The molecule has 2 rings (SSSR count). The summed E-state index contributed by atoms with van der Waals surface area (Å²) in [4.78, 5) is 46.7. The fraction of sp³-hybridized carbons (Fsp3) is 0.500. The van der Waals surface area contributed by atoms with Crippen LogP contribution in [0.4, 0.5) is 0 Å². The summed E-state index contributed by atoms with van der Waals surface area (Å²) in [6.45, 7) is 4.52. The highest BCUT2D eigenvalue weighted by atomic mass is 79.9. The third kappa shape index (κ3) is 6.53. The van der Waals surface area contributed by atoms with E-state index in [4.69, 9.17) is 23.7 Å². The number of halogens is 1. The van der Waals surface area contributed by atoms with E-state index in [1.807, 2.05) is 0 Å². The summed E-state index contributed by atoms with van der Waals surface area (Å²) in [5, 5.41) is 0. The van der Waals surface area contributed by atoms with Crippen LogP contribution in [0.3, 0.4) is 0 Å². The number of esters is 4. The number of rotatable bonds is 6. The maximum Gasteiger partial charge on any atom is 0.303 e. The van der Waals surface area contributed by atoms with Gasteiger partial charge in [0.25, 0.3) is 0 Å². The van der Waals surface area contributed by atoms with Crippen molar-refractivity contribution in [3.05, 3.63) is 34.3 Å². The predicted molar refractivity (Wildman–Crippen MR) is 105 cm³/mol. The van der Waals surface area contributed by atoms with Gasteiger partial charge in [-0.15, -0.1) is 0 Å². The molecule has 0 spiro atoms. The van der Waals surface area contributed by atoms with Crippen molar-refractivity contribution < 1.29 is 42.9 Å². The first kappa shape index (κ1) is 23.8. The lowest BCUT2D eigenvalue weighted by atomic mass is 9.90. The molecule has 1 saturated heterocycles. The van der Waals surface area contributed by atoms with E-state index in [9.17, 15) is 19.2 Å². The third-order valence-corrected chi connectivity index (χ3v) is 4.66. The lowest BCUT2D eigenvalue weighted by Gasteiger charge is -2.44. The Labute approximate surface area is 182 Å². The number of ether oxygens (including phenoxy) is 5. The SMILES string of the molecule is CC(=O)OC[C@H]1O[C@H](c2cccc(Br)c2)[C@@H](OC(C)=O)[C@H](OC(C)=O)[C@@H]1OC(C)=O. The molecule has 0 aliphatic carbocycles. The highest BCUT2D eigenvalue weighted by Gasteiger charge is 2.52. The normalized spacial score (nSPS) is 25.7. The minimum Gasteiger partial charge on any atom is -0.463 e. The number of hydrogen-bond donors (Lipinski definition) is 0. The summed E-state index contributed by atoms with van der Waals surface area (Å²) < 4.78 is 28.1. The van der Waals surface area contributed by atoms with Gasteiger partial charge < -0.3 is 23.7 Å². The van der Waals surface area contributed by atoms with Gasteiger partial charge in [-0.25, -0.2) is 0 Å². The molecule has 10 heteroatoms. The number of benzene rings is 1. The van der Waals surface area contributed by atoms with E-state index >= 15 is 0 Å². The van der Waals surface area contributed by atoms with Crippen LogP contribution < -0.4 is 0 Å². The van der Waals surface area contributed by atoms with E-state index in [0.29, 0.717) is 5.56 Å². The monoisotopic (exact) mass is 486 g/mol. The molecule has 1 aliphatic rings. The van der Waals surface area contributed by atoms with Crippen molar-refractivity contribution in [2.75, 3.05) is 6.61 Å². The summed E-state index contributed by atoms with van der Waals surface area (Å²) >= 11 is 3.38. The molecule has 5 atom stereocenters. The Morgan fingerprint density at radius 3 is 1.97 bits per heavy atom. The molecule has 0 amide bonds. The quantitative estimate of drug-likeness (QED) is 0.440. The van der Waals surface area contributed by atoms with Crippen molar-refractivity contribution in [3.63, 3.8) is 0 Å². The van der Waals surface area contributed by atoms with Crippen molar-refractivity contribution in [1.82, 2.24) is 0 Å². The van der Waals surface area contributed by atoms with Gasteiger partial charge in [0.1, 0.15) is 18.8 Å². The van der Waals surface area contributed by atoms with Crippen LogP contribution in [0.1, 0.15) is 39.4 Å². The first-order chi connectivity index (χ1) is 14.1. The van der Waals surface area contributed by atoms with E-state index < -0.39 is 54.4 Å². The first-order valence-electron chi connectivity index (χ1n) is 9.14. The lowest BCUT2D eigenvalue weighted by molar-refractivity contribution is -0.254. The van der Waals surface area contributed by atoms with Gasteiger partial charge in [0.2, 0.25) is 0 Å². The number of carbonyl (C=O) groups excluding carboxylic acids is 4. The Morgan fingerprint density at radius 1 is 0.867 bits per heavy atom. The second-order valence-corrected chi connectivity index (χ2v) is 7.59. The molecule has 0 N–H and O–H groups in total. The van der Waals surface area contributed by atoms with E-state index in [1.54, 1.807) is 24.3 Å². The van der Waals surface area contributed by atoms with Crippen LogP contribution in [-0.4, -0.2) is 54.9 Å². The largest absolute Gasteiger partial charge is 0.463 e. The van der Waals surface area contributed by atoms with E-state index in [2.05, 4.69) is 15.9 Å². The molecule has 0 radical (unpaired) electrons. The molecule has 0 aromatic heterocycles. The molecule has 164 valence electrons. The highest BCUT2D eigenvalue weighted by molar-refractivity contribution is 9.10. The van der Waals surface area contributed by atoms with Crippen LogP contribution in [-0.2, 0) is 42.9 Å². The number of carbonyl (C=O) groups is 4. The summed E-state index contributed by atoms with van der Waals surface area (Å²) in [6, 6.07) is 7.05. The molecule has 1 aromatic carbocycles. The van der Waals surface area contributed by atoms with E-state index in [1.165, 1.54) is 27.7 Å². The summed E-state index contributed by atoms with van der Waals surface area (Å²) in [6.07, 6.45) is -5.33. The van der Waals surface area contributed by atoms with Gasteiger partial charge in [0, 0.05) is 32.2 Å². The summed E-state index contributed by atoms with van der Waals surface area (Å²) in [7, 11) is 0. The topological polar surface area (TPSA) is 114 Å². The maximum absolute atomic E-state index is 11.8. The van der Waals surface area contributed by atoms with Crippen molar-refractivity contribution in [2.24, 2.45) is 0 Å². The molecule has 1 fully saturated rings. The Balaban J connectivity index is 2.53. The molecule has 0 saturated carbocycles. The zero-order valence-electron chi connectivity index (χ0n) is 17.0. The van der Waals surface area contributed by atoms with Crippen molar-refractivity contribution in [1.29, 1.82) is 0 Å². The second kappa shape index (κ2) is 10.5. The van der Waals surface area contributed by atoms with Gasteiger partial charge in [-0.3, -0.25) is 19.2 Å². The van der Waals surface area contributed by atoms with Crippen molar-refractivity contribution in [3.8, 4) is 0 Å². The van der Waals surface area contributed by atoms with Crippen molar-refractivity contribution in [2.45, 2.75) is 58.2 Å². The minimum atomic E-state index is -1.19. The molecule has 30 heavy (non-hydrogen) atoms. The molecule has 1 heterocycles. The number of hydrogen-bond acceptors (Lipinski definition) is 9. The van der Waals surface area contributed by atoms with Gasteiger partial charge in [0.15, 0.2) is 18.3 Å². The fourth-order valence-corrected chi connectivity index (χ4v) is 3.60. The lowest BCUT2D eigenvalue weighted by Crippen LogP contribution is -2.59. The Bertz CT molecular complexity index is 809. The molecule has 9 nitrogen and oxygen atoms in total. The Morgan fingerprint density at radius 2 is 1.43 bits per heavy atom. The molecular weight excluding hydrogens is 464 g/mol. The van der Waals surface area contributed by atoms with Gasteiger partial charge >= 0.3 is 23.9 Å². The zero-order valence-corrected chi connectivity index (χ0v) is 18.5. The summed E-state index contributed by atoms with van der Waals surface area (Å²) in [5.41, 5.74) is 0.613. The van der Waals surface area contributed by atoms with Gasteiger partial charge in [-0.05, 0) is 17.7 Å². The minimum absolute atomic E-state index is 0.262. The van der Waals surface area contributed by atoms with E-state index in [0.717, 1.165) is 4.47 Å². The second-order valence-electron chi connectivity index (χ2n) is 6.67. The third-order valence-electron chi connectivity index (χ3n) is 4.17. The zero-order chi connectivity index (χ0) is 22.4. The van der Waals surface area contributed by atoms with Gasteiger partial charge in [-0.2, -0.15) is 0 Å². The molecule has 1 aliphatic heterocycles. The smallest absolute Gasteiger partial charge is 0.303 e. The van der Waals surface area contributed by atoms with Crippen LogP contribution in [0.2, 0.25) is 0 Å². The Hall–Kier alpha value is -2.46. The highest BCUT2D eigenvalue weighted by Crippen LogP contribution is 2.38. The molecule has 0 unspecified atom stereocenters. The predicted octanol–water partition coefficient (Wildman–Crippen LogP) is 2.25. The first-order valence-corrected chi connectivity index (χ1v) is 9.93. The van der Waals surface area contributed by atoms with Crippen LogP contribution in [0.15, 0.2) is 28.7 Å². The fourth-order valence-electron chi connectivity index (χ4n) is 3.18. The van der Waals surface area contributed by atoms with Crippen LogP contribution in [0.25, 0.3) is 0 Å². The van der Waals surface area contributed by atoms with Crippen LogP contribution >= 0.6 is 15.9 Å². The Kier molecular flexibility index (Phi) is 8.36. The van der Waals surface area contributed by atoms with Crippen LogP contribution in [0.5, 0.6) is 0 Å². The average molecular weight is 487 g/mol. The van der Waals surface area contributed by atoms with Crippen molar-refractivity contribution >= 4 is 39.8 Å². The van der Waals surface area contributed by atoms with E-state index in [-0.39, 0.29) is 6.61 Å².